The van der Waals surface area contributed by atoms with Gasteiger partial charge in [0, 0.05) is 68.6 Å². The highest BCUT2D eigenvalue weighted by Crippen LogP contribution is 2.31. The summed E-state index contributed by atoms with van der Waals surface area (Å²) in [5, 5.41) is 6.74. The summed E-state index contributed by atoms with van der Waals surface area (Å²) in [4.78, 5) is 41.0. The van der Waals surface area contributed by atoms with Crippen LogP contribution in [-0.4, -0.2) is 89.5 Å². The van der Waals surface area contributed by atoms with Crippen LogP contribution in [-0.2, 0) is 0 Å². The third kappa shape index (κ3) is 5.28. The topological polar surface area (TPSA) is 120 Å². The van der Waals surface area contributed by atoms with Crippen molar-refractivity contribution >= 4 is 52.3 Å². The molecule has 0 aliphatic carbocycles. The third-order valence-electron chi connectivity index (χ3n) is 7.52. The second-order valence-corrected chi connectivity index (χ2v) is 10.5. The fourth-order valence-corrected chi connectivity index (χ4v) is 5.96. The van der Waals surface area contributed by atoms with E-state index < -0.39 is 0 Å². The summed E-state index contributed by atoms with van der Waals surface area (Å²) in [5.41, 5.74) is 7.20. The van der Waals surface area contributed by atoms with Crippen molar-refractivity contribution in [2.45, 2.75) is 38.3 Å². The van der Waals surface area contributed by atoms with E-state index >= 15 is 0 Å². The predicted molar refractivity (Wildman–Crippen MR) is 146 cm³/mol. The minimum absolute atomic E-state index is 0.0387. The zero-order valence-electron chi connectivity index (χ0n) is 20.8. The summed E-state index contributed by atoms with van der Waals surface area (Å²) >= 11 is 12.5. The number of nitrogens with zero attached hydrogens (tertiary/aromatic N) is 5. The first kappa shape index (κ1) is 25.8. The molecule has 3 aliphatic heterocycles. The average molecular weight is 547 g/mol. The highest BCUT2D eigenvalue weighted by molar-refractivity contribution is 6.32. The molecule has 1 atom stereocenters. The lowest BCUT2D eigenvalue weighted by Crippen LogP contribution is -2.58. The molecule has 4 heterocycles. The number of carbonyl (C=O) groups is 2. The number of hydrogen-bond acceptors (Lipinski definition) is 8. The molecule has 1 aromatic carbocycles. The Balaban J connectivity index is 1.23. The Bertz CT molecular complexity index is 1190. The summed E-state index contributed by atoms with van der Waals surface area (Å²) < 4.78 is 0. The largest absolute Gasteiger partial charge is 0.398 e. The summed E-state index contributed by atoms with van der Waals surface area (Å²) in [6.45, 7) is 7.08. The van der Waals surface area contributed by atoms with Gasteiger partial charge in [0.05, 0.1) is 5.56 Å². The van der Waals surface area contributed by atoms with Crippen molar-refractivity contribution in [1.82, 2.24) is 25.1 Å². The summed E-state index contributed by atoms with van der Waals surface area (Å²) in [5.74, 6) is 0.786. The van der Waals surface area contributed by atoms with Crippen LogP contribution in [0.4, 0.5) is 17.3 Å². The molecule has 10 nitrogen and oxygen atoms in total. The number of halogens is 2. The van der Waals surface area contributed by atoms with E-state index in [4.69, 9.17) is 33.9 Å². The molecule has 37 heavy (non-hydrogen) atoms. The Labute approximate surface area is 226 Å². The van der Waals surface area contributed by atoms with Crippen molar-refractivity contribution in [3.63, 3.8) is 0 Å². The number of anilines is 3. The number of rotatable bonds is 4. The van der Waals surface area contributed by atoms with Crippen molar-refractivity contribution < 1.29 is 9.59 Å². The van der Waals surface area contributed by atoms with Gasteiger partial charge in [-0.25, -0.2) is 9.97 Å². The molecule has 0 spiro atoms. The first-order chi connectivity index (χ1) is 17.9. The number of amides is 2. The lowest BCUT2D eigenvalue weighted by Gasteiger charge is -2.47. The number of hydrogen-bond donors (Lipinski definition) is 3. The van der Waals surface area contributed by atoms with Gasteiger partial charge in [0.25, 0.3) is 11.8 Å². The van der Waals surface area contributed by atoms with Crippen LogP contribution < -0.4 is 21.3 Å². The monoisotopic (exact) mass is 546 g/mol. The van der Waals surface area contributed by atoms with Crippen LogP contribution in [0.1, 0.15) is 47.0 Å². The van der Waals surface area contributed by atoms with Gasteiger partial charge >= 0.3 is 0 Å². The lowest BCUT2D eigenvalue weighted by atomic mass is 9.97. The molecule has 198 valence electrons. The predicted octanol–water partition coefficient (Wildman–Crippen LogP) is 2.73. The number of benzene rings is 1. The minimum atomic E-state index is -0.263. The number of nitrogens with one attached hydrogen (secondary N) is 2. The van der Waals surface area contributed by atoms with Gasteiger partial charge in [-0.1, -0.05) is 30.1 Å². The number of piperazine rings is 1. The van der Waals surface area contributed by atoms with Crippen molar-refractivity contribution in [2.24, 2.45) is 0 Å². The van der Waals surface area contributed by atoms with Gasteiger partial charge in [-0.3, -0.25) is 14.5 Å². The van der Waals surface area contributed by atoms with Gasteiger partial charge in [-0.05, 0) is 37.5 Å². The normalized spacial score (nSPS) is 21.2. The number of carbonyl (C=O) groups excluding carboxylic acids is 2. The van der Waals surface area contributed by atoms with Crippen LogP contribution in [0, 0.1) is 0 Å². The molecule has 0 radical (unpaired) electrons. The van der Waals surface area contributed by atoms with E-state index in [9.17, 15) is 9.59 Å². The van der Waals surface area contributed by atoms with E-state index in [0.717, 1.165) is 38.9 Å². The molecular weight excluding hydrogens is 515 g/mol. The molecule has 2 saturated heterocycles. The van der Waals surface area contributed by atoms with Crippen LogP contribution in [0.3, 0.4) is 0 Å². The second kappa shape index (κ2) is 10.9. The zero-order valence-corrected chi connectivity index (χ0v) is 22.4. The quantitative estimate of drug-likeness (QED) is 0.500. The van der Waals surface area contributed by atoms with Crippen molar-refractivity contribution in [1.29, 1.82) is 0 Å². The second-order valence-electron chi connectivity index (χ2n) is 9.72. The highest BCUT2D eigenvalue weighted by Gasteiger charge is 2.35. The number of piperidine rings is 1. The Morgan fingerprint density at radius 3 is 2.59 bits per heavy atom. The summed E-state index contributed by atoms with van der Waals surface area (Å²) in [6.07, 6.45) is 2.80. The molecule has 12 heteroatoms. The number of nitrogens with two attached hydrogens (primary N) is 1. The van der Waals surface area contributed by atoms with E-state index in [2.05, 4.69) is 32.3 Å². The van der Waals surface area contributed by atoms with E-state index in [-0.39, 0.29) is 22.7 Å². The Hall–Kier alpha value is -2.82. The van der Waals surface area contributed by atoms with E-state index in [1.807, 2.05) is 4.90 Å². The maximum absolute atomic E-state index is 13.0. The third-order valence-corrected chi connectivity index (χ3v) is 8.01. The fourth-order valence-electron chi connectivity index (χ4n) is 5.53. The summed E-state index contributed by atoms with van der Waals surface area (Å²) in [6, 6.07) is 5.75. The van der Waals surface area contributed by atoms with Gasteiger partial charge in [-0.2, -0.15) is 0 Å². The smallest absolute Gasteiger partial charge is 0.273 e. The zero-order chi connectivity index (χ0) is 26.1. The van der Waals surface area contributed by atoms with Crippen LogP contribution in [0.25, 0.3) is 0 Å². The molecule has 2 fully saturated rings. The van der Waals surface area contributed by atoms with Crippen LogP contribution >= 0.6 is 23.2 Å². The van der Waals surface area contributed by atoms with E-state index in [1.54, 1.807) is 18.2 Å². The maximum atomic E-state index is 13.0. The van der Waals surface area contributed by atoms with Crippen molar-refractivity contribution in [2.75, 3.05) is 61.8 Å². The minimum Gasteiger partial charge on any atom is -0.398 e. The molecule has 5 rings (SSSR count). The maximum Gasteiger partial charge on any atom is 0.273 e. The standard InChI is InChI=1S/C25H32Cl2N8O2/c1-2-16-14-34(23-21(27)31-20-22(32-23)29-7-8-30-24(20)36)11-12-35(16)17-5-9-33(10-6-17)25(37)18-4-3-15(26)13-19(18)28/h3-4,13,16-17H,2,5-12,14,28H2,1H3,(H,29,32)(H,30,36)/t16-/m0/s1. The van der Waals surface area contributed by atoms with Crippen LogP contribution in [0.5, 0.6) is 0 Å². The summed E-state index contributed by atoms with van der Waals surface area (Å²) in [7, 11) is 0. The molecule has 2 amide bonds. The lowest BCUT2D eigenvalue weighted by molar-refractivity contribution is 0.0491. The van der Waals surface area contributed by atoms with Gasteiger partial charge in [0.1, 0.15) is 0 Å². The molecule has 2 aromatic rings. The SMILES string of the molecule is CC[C@H]1CN(c2nc3c(nc2Cl)C(=O)NCCN3)CCN1C1CCN(C(=O)c2ccc(Cl)cc2N)CC1. The van der Waals surface area contributed by atoms with Gasteiger partial charge in [0.15, 0.2) is 22.5 Å². The van der Waals surface area contributed by atoms with Gasteiger partial charge in [0.2, 0.25) is 0 Å². The molecule has 0 unspecified atom stereocenters. The Morgan fingerprint density at radius 1 is 1.11 bits per heavy atom. The number of fused-ring (bicyclic) bond motifs is 1. The van der Waals surface area contributed by atoms with Crippen molar-refractivity contribution in [3.05, 3.63) is 39.6 Å². The highest BCUT2D eigenvalue weighted by atomic mass is 35.5. The molecule has 0 bridgehead atoms. The molecule has 4 N–H and O–H groups in total. The number of aromatic nitrogens is 2. The number of nitrogen functional groups attached to an aromatic ring is 1. The van der Waals surface area contributed by atoms with Crippen LogP contribution in [0.2, 0.25) is 10.2 Å². The molecule has 1 aromatic heterocycles. The molecule has 0 saturated carbocycles. The first-order valence-electron chi connectivity index (χ1n) is 12.8. The Morgan fingerprint density at radius 2 is 1.86 bits per heavy atom. The molecule has 3 aliphatic rings. The van der Waals surface area contributed by atoms with Gasteiger partial charge in [-0.15, -0.1) is 0 Å². The Kier molecular flexibility index (Phi) is 7.60. The number of likely N-dealkylation sites (tertiary alicyclic amines) is 1. The fraction of sp³-hybridized carbons (Fsp3) is 0.520. The van der Waals surface area contributed by atoms with Crippen molar-refractivity contribution in [3.8, 4) is 0 Å². The van der Waals surface area contributed by atoms with E-state index in [1.165, 1.54) is 0 Å². The van der Waals surface area contributed by atoms with Crippen LogP contribution in [0.15, 0.2) is 18.2 Å². The first-order valence-corrected chi connectivity index (χ1v) is 13.6. The van der Waals surface area contributed by atoms with Gasteiger partial charge < -0.3 is 26.2 Å². The molecular formula is C25H32Cl2N8O2. The average Bonchev–Trinajstić information content (AvgIpc) is 3.08. The van der Waals surface area contributed by atoms with E-state index in [0.29, 0.717) is 66.2 Å².